The first-order valence-electron chi connectivity index (χ1n) is 7.39. The minimum atomic E-state index is -0.0860. The van der Waals surface area contributed by atoms with E-state index >= 15 is 0 Å². The van der Waals surface area contributed by atoms with Crippen LogP contribution < -0.4 is 10.1 Å². The van der Waals surface area contributed by atoms with Crippen molar-refractivity contribution in [2.75, 3.05) is 19.4 Å². The van der Waals surface area contributed by atoms with Crippen LogP contribution in [0.5, 0.6) is 5.75 Å². The molecule has 4 heteroatoms. The van der Waals surface area contributed by atoms with Gasteiger partial charge >= 0.3 is 0 Å². The highest BCUT2D eigenvalue weighted by atomic mass is 32.2. The summed E-state index contributed by atoms with van der Waals surface area (Å²) in [6.07, 6.45) is 0. The lowest BCUT2D eigenvalue weighted by atomic mass is 10.1. The van der Waals surface area contributed by atoms with Gasteiger partial charge in [-0.1, -0.05) is 45.0 Å². The topological polar surface area (TPSA) is 38.3 Å². The van der Waals surface area contributed by atoms with Gasteiger partial charge in [-0.15, -0.1) is 0 Å². The molecule has 22 heavy (non-hydrogen) atoms. The van der Waals surface area contributed by atoms with Gasteiger partial charge < -0.3 is 10.1 Å². The predicted octanol–water partition coefficient (Wildman–Crippen LogP) is 4.11. The van der Waals surface area contributed by atoms with Crippen LogP contribution in [0.3, 0.4) is 0 Å². The molecule has 0 unspecified atom stereocenters. The lowest BCUT2D eigenvalue weighted by Crippen LogP contribution is -2.27. The Morgan fingerprint density at radius 3 is 2.41 bits per heavy atom. The van der Waals surface area contributed by atoms with E-state index in [0.29, 0.717) is 17.9 Å². The van der Waals surface area contributed by atoms with Crippen molar-refractivity contribution in [1.29, 1.82) is 0 Å². The molecule has 0 heterocycles. The fourth-order valence-electron chi connectivity index (χ4n) is 2.18. The first kappa shape index (κ1) is 16.7. The quantitative estimate of drug-likeness (QED) is 0.843. The van der Waals surface area contributed by atoms with E-state index in [1.54, 1.807) is 7.11 Å². The summed E-state index contributed by atoms with van der Waals surface area (Å²) in [7, 11) is 1.59. The third kappa shape index (κ3) is 4.41. The number of carbonyl (C=O) groups excluding carboxylic acids is 1. The molecular weight excluding hydrogens is 294 g/mol. The molecule has 0 saturated carbocycles. The van der Waals surface area contributed by atoms with Gasteiger partial charge in [0.1, 0.15) is 5.75 Å². The van der Waals surface area contributed by atoms with Crippen LogP contribution in [0, 0.1) is 0 Å². The van der Waals surface area contributed by atoms with Crippen molar-refractivity contribution in [3.05, 3.63) is 42.0 Å². The van der Waals surface area contributed by atoms with Crippen molar-refractivity contribution in [2.45, 2.75) is 25.5 Å². The van der Waals surface area contributed by atoms with Gasteiger partial charge in [-0.3, -0.25) is 4.79 Å². The average Bonchev–Trinajstić information content (AvgIpc) is 2.49. The van der Waals surface area contributed by atoms with Gasteiger partial charge in [0, 0.05) is 17.0 Å². The van der Waals surface area contributed by atoms with E-state index in [1.807, 2.05) is 48.2 Å². The van der Waals surface area contributed by atoms with E-state index < -0.39 is 0 Å². The number of ether oxygens (including phenoxy) is 1. The molecule has 0 spiro atoms. The summed E-state index contributed by atoms with van der Waals surface area (Å²) in [5.74, 6) is 1.42. The number of rotatable bonds is 5. The zero-order chi connectivity index (χ0) is 16.2. The number of thioether (sulfide) groups is 1. The monoisotopic (exact) mass is 317 g/mol. The highest BCUT2D eigenvalue weighted by Gasteiger charge is 2.14. The molecule has 0 aromatic heterocycles. The van der Waals surface area contributed by atoms with Crippen LogP contribution in [-0.2, 0) is 0 Å². The van der Waals surface area contributed by atoms with Crippen LogP contribution in [-0.4, -0.2) is 30.1 Å². The lowest BCUT2D eigenvalue weighted by molar-refractivity contribution is 0.0953. The van der Waals surface area contributed by atoms with Gasteiger partial charge in [-0.05, 0) is 22.9 Å². The van der Waals surface area contributed by atoms with Crippen LogP contribution in [0.2, 0.25) is 0 Å². The third-order valence-corrected chi connectivity index (χ3v) is 4.51. The summed E-state index contributed by atoms with van der Waals surface area (Å²) >= 11 is 1.84. The molecule has 0 aliphatic heterocycles. The Morgan fingerprint density at radius 2 is 1.82 bits per heavy atom. The number of carbonyl (C=O) groups is 1. The number of nitrogens with one attached hydrogen (secondary N) is 1. The molecule has 0 saturated heterocycles. The molecule has 1 amide bonds. The predicted molar refractivity (Wildman–Crippen MR) is 95.0 cm³/mol. The molecule has 3 nitrogen and oxygen atoms in total. The third-order valence-electron chi connectivity index (χ3n) is 3.24. The number of hydrogen-bond acceptors (Lipinski definition) is 3. The molecule has 2 aromatic rings. The first-order valence-corrected chi connectivity index (χ1v) is 8.38. The van der Waals surface area contributed by atoms with Crippen LogP contribution in [0.15, 0.2) is 36.4 Å². The van der Waals surface area contributed by atoms with Gasteiger partial charge in [-0.25, -0.2) is 0 Å². The molecule has 2 aromatic carbocycles. The Balaban J connectivity index is 2.10. The minimum Gasteiger partial charge on any atom is -0.496 e. The summed E-state index contributed by atoms with van der Waals surface area (Å²) in [5.41, 5.74) is 0.585. The van der Waals surface area contributed by atoms with Crippen molar-refractivity contribution < 1.29 is 9.53 Å². The van der Waals surface area contributed by atoms with Crippen LogP contribution in [0.1, 0.15) is 31.1 Å². The number of hydrogen-bond donors (Lipinski definition) is 1. The van der Waals surface area contributed by atoms with E-state index in [-0.39, 0.29) is 10.7 Å². The second kappa shape index (κ2) is 7.05. The Kier molecular flexibility index (Phi) is 5.35. The molecule has 0 radical (unpaired) electrons. The zero-order valence-electron chi connectivity index (χ0n) is 13.6. The highest BCUT2D eigenvalue weighted by Crippen LogP contribution is 2.26. The number of benzene rings is 2. The van der Waals surface area contributed by atoms with E-state index in [9.17, 15) is 4.79 Å². The van der Waals surface area contributed by atoms with E-state index in [4.69, 9.17) is 4.74 Å². The number of fused-ring (bicyclic) bond motifs is 1. The van der Waals surface area contributed by atoms with Crippen molar-refractivity contribution >= 4 is 28.4 Å². The van der Waals surface area contributed by atoms with Gasteiger partial charge in [0.2, 0.25) is 0 Å². The van der Waals surface area contributed by atoms with Crippen LogP contribution >= 0.6 is 11.8 Å². The molecule has 1 N–H and O–H groups in total. The Bertz CT molecular complexity index is 662. The van der Waals surface area contributed by atoms with E-state index in [1.165, 1.54) is 0 Å². The molecule has 0 aliphatic carbocycles. The van der Waals surface area contributed by atoms with Crippen molar-refractivity contribution in [3.63, 3.8) is 0 Å². The summed E-state index contributed by atoms with van der Waals surface area (Å²) < 4.78 is 5.58. The second-order valence-corrected chi connectivity index (χ2v) is 8.04. The van der Waals surface area contributed by atoms with Crippen LogP contribution in [0.4, 0.5) is 0 Å². The van der Waals surface area contributed by atoms with E-state index in [2.05, 4.69) is 26.1 Å². The molecular formula is C18H23NO2S. The minimum absolute atomic E-state index is 0.0860. The van der Waals surface area contributed by atoms with E-state index in [0.717, 1.165) is 16.5 Å². The highest BCUT2D eigenvalue weighted by molar-refractivity contribution is 8.00. The molecule has 2 rings (SSSR count). The van der Waals surface area contributed by atoms with Crippen molar-refractivity contribution in [1.82, 2.24) is 5.32 Å². The molecule has 0 atom stereocenters. The average molecular weight is 317 g/mol. The van der Waals surface area contributed by atoms with Crippen molar-refractivity contribution in [3.8, 4) is 5.75 Å². The van der Waals surface area contributed by atoms with Crippen LogP contribution in [0.25, 0.3) is 10.8 Å². The fourth-order valence-corrected chi connectivity index (χ4v) is 3.00. The lowest BCUT2D eigenvalue weighted by Gasteiger charge is -2.17. The summed E-state index contributed by atoms with van der Waals surface area (Å²) in [6, 6.07) is 11.8. The summed E-state index contributed by atoms with van der Waals surface area (Å²) in [5, 5.41) is 5.08. The van der Waals surface area contributed by atoms with Gasteiger partial charge in [-0.2, -0.15) is 11.8 Å². The Morgan fingerprint density at radius 1 is 1.18 bits per heavy atom. The normalized spacial score (nSPS) is 11.5. The number of methoxy groups -OCH3 is 1. The largest absolute Gasteiger partial charge is 0.496 e. The van der Waals surface area contributed by atoms with Crippen molar-refractivity contribution in [2.24, 2.45) is 0 Å². The molecule has 0 fully saturated rings. The standard InChI is InChI=1S/C18H23NO2S/c1-18(2,3)22-10-9-19-17(20)15-11-13-7-5-6-8-14(13)12-16(15)21-4/h5-8,11-12H,9-10H2,1-4H3,(H,19,20). The zero-order valence-corrected chi connectivity index (χ0v) is 14.4. The fraction of sp³-hybridized carbons (Fsp3) is 0.389. The van der Waals surface area contributed by atoms with Gasteiger partial charge in [0.05, 0.1) is 12.7 Å². The Labute approximate surface area is 136 Å². The summed E-state index contributed by atoms with van der Waals surface area (Å²) in [4.78, 5) is 12.4. The molecule has 118 valence electrons. The maximum Gasteiger partial charge on any atom is 0.255 e. The number of amides is 1. The summed E-state index contributed by atoms with van der Waals surface area (Å²) in [6.45, 7) is 7.17. The Hall–Kier alpha value is -1.68. The SMILES string of the molecule is COc1cc2ccccc2cc1C(=O)NCCSC(C)(C)C. The van der Waals surface area contributed by atoms with Gasteiger partial charge in [0.25, 0.3) is 5.91 Å². The molecule has 0 aliphatic rings. The maximum absolute atomic E-state index is 12.4. The first-order chi connectivity index (χ1) is 10.4. The smallest absolute Gasteiger partial charge is 0.255 e. The molecule has 0 bridgehead atoms. The second-order valence-electron chi connectivity index (χ2n) is 6.12. The van der Waals surface area contributed by atoms with Gasteiger partial charge in [0.15, 0.2) is 0 Å². The maximum atomic E-state index is 12.4.